The first-order valence-electron chi connectivity index (χ1n) is 5.96. The predicted octanol–water partition coefficient (Wildman–Crippen LogP) is 1.57. The van der Waals surface area contributed by atoms with Gasteiger partial charge in [0, 0.05) is 6.54 Å². The van der Waals surface area contributed by atoms with Gasteiger partial charge in [0.1, 0.15) is 5.39 Å². The largest absolute Gasteiger partial charge is 0.352 e. The number of aromatic nitrogens is 4. The van der Waals surface area contributed by atoms with Crippen molar-refractivity contribution in [3.8, 4) is 0 Å². The van der Waals surface area contributed by atoms with Crippen LogP contribution in [0.1, 0.15) is 11.1 Å². The summed E-state index contributed by atoms with van der Waals surface area (Å²) in [5, 5.41) is 10.1. The molecule has 0 aliphatic rings. The molecule has 6 heteroatoms. The van der Waals surface area contributed by atoms with Crippen LogP contribution in [0, 0.1) is 6.92 Å². The normalized spacial score (nSPS) is 10.8. The quantitative estimate of drug-likeness (QED) is 0.663. The molecule has 3 rings (SSSR count). The molecule has 0 saturated carbocycles. The number of fused-ring (bicyclic) bond motifs is 1. The first kappa shape index (κ1) is 11.5. The average Bonchev–Trinajstić information content (AvgIpc) is 2.87. The van der Waals surface area contributed by atoms with E-state index in [4.69, 9.17) is 0 Å². The number of anilines is 1. The Bertz CT molecular complexity index is 774. The van der Waals surface area contributed by atoms with Gasteiger partial charge < -0.3 is 5.32 Å². The molecule has 0 radical (unpaired) electrons. The highest BCUT2D eigenvalue weighted by molar-refractivity contribution is 5.73. The molecular formula is C13H13N5O. The van der Waals surface area contributed by atoms with Crippen molar-refractivity contribution in [1.29, 1.82) is 0 Å². The van der Waals surface area contributed by atoms with Gasteiger partial charge in [-0.2, -0.15) is 10.1 Å². The van der Waals surface area contributed by atoms with Crippen molar-refractivity contribution in [1.82, 2.24) is 20.2 Å². The summed E-state index contributed by atoms with van der Waals surface area (Å²) in [6.07, 6.45) is 1.46. The Hall–Kier alpha value is -2.63. The summed E-state index contributed by atoms with van der Waals surface area (Å²) in [6, 6.07) is 8.06. The standard InChI is InChI=1S/C13H13N5O/c1-8-4-2-3-5-9(8)6-14-13-16-11-10(7-15-18-11)12(19)17-13/h2-5,7H,6H2,1H3,(H3,14,15,16,17,18,19). The van der Waals surface area contributed by atoms with Gasteiger partial charge in [0.05, 0.1) is 6.20 Å². The van der Waals surface area contributed by atoms with Crippen LogP contribution in [-0.2, 0) is 6.54 Å². The van der Waals surface area contributed by atoms with Crippen LogP contribution in [0.4, 0.5) is 5.95 Å². The Kier molecular flexibility index (Phi) is 2.75. The maximum Gasteiger partial charge on any atom is 0.263 e. The second-order valence-electron chi connectivity index (χ2n) is 4.33. The third-order valence-electron chi connectivity index (χ3n) is 3.03. The maximum atomic E-state index is 11.7. The van der Waals surface area contributed by atoms with Crippen LogP contribution in [0.5, 0.6) is 0 Å². The summed E-state index contributed by atoms with van der Waals surface area (Å²) < 4.78 is 0. The van der Waals surface area contributed by atoms with Crippen molar-refractivity contribution in [2.24, 2.45) is 0 Å². The molecule has 0 bridgehead atoms. The van der Waals surface area contributed by atoms with Gasteiger partial charge in [-0.25, -0.2) is 0 Å². The minimum absolute atomic E-state index is 0.203. The fraction of sp³-hybridized carbons (Fsp3) is 0.154. The molecule has 2 heterocycles. The van der Waals surface area contributed by atoms with Crippen LogP contribution in [0.25, 0.3) is 11.0 Å². The highest BCUT2D eigenvalue weighted by atomic mass is 16.1. The lowest BCUT2D eigenvalue weighted by Gasteiger charge is -2.07. The van der Waals surface area contributed by atoms with E-state index in [1.54, 1.807) is 0 Å². The molecule has 6 nitrogen and oxygen atoms in total. The molecular weight excluding hydrogens is 242 g/mol. The van der Waals surface area contributed by atoms with Crippen LogP contribution >= 0.6 is 0 Å². The number of rotatable bonds is 3. The van der Waals surface area contributed by atoms with Gasteiger partial charge in [0.15, 0.2) is 5.65 Å². The molecule has 3 N–H and O–H groups in total. The molecule has 19 heavy (non-hydrogen) atoms. The van der Waals surface area contributed by atoms with Crippen LogP contribution in [-0.4, -0.2) is 20.2 Å². The molecule has 0 aliphatic carbocycles. The molecule has 96 valence electrons. The first-order chi connectivity index (χ1) is 9.24. The number of hydrogen-bond donors (Lipinski definition) is 3. The van der Waals surface area contributed by atoms with Gasteiger partial charge in [-0.15, -0.1) is 0 Å². The average molecular weight is 255 g/mol. The molecule has 0 spiro atoms. The van der Waals surface area contributed by atoms with E-state index < -0.39 is 0 Å². The zero-order chi connectivity index (χ0) is 13.2. The lowest BCUT2D eigenvalue weighted by atomic mass is 10.1. The maximum absolute atomic E-state index is 11.7. The second kappa shape index (κ2) is 4.56. The SMILES string of the molecule is Cc1ccccc1CNc1nc2[nH]ncc2c(=O)[nH]1. The number of aromatic amines is 2. The number of benzene rings is 1. The Morgan fingerprint density at radius 1 is 1.32 bits per heavy atom. The second-order valence-corrected chi connectivity index (χ2v) is 4.33. The Morgan fingerprint density at radius 3 is 3.00 bits per heavy atom. The first-order valence-corrected chi connectivity index (χ1v) is 5.96. The monoisotopic (exact) mass is 255 g/mol. The van der Waals surface area contributed by atoms with E-state index in [2.05, 4.69) is 25.5 Å². The fourth-order valence-electron chi connectivity index (χ4n) is 1.92. The molecule has 0 unspecified atom stereocenters. The Labute approximate surface area is 108 Å². The third kappa shape index (κ3) is 2.20. The summed E-state index contributed by atoms with van der Waals surface area (Å²) in [6.45, 7) is 2.65. The van der Waals surface area contributed by atoms with Crippen molar-refractivity contribution in [2.75, 3.05) is 5.32 Å². The van der Waals surface area contributed by atoms with Crippen molar-refractivity contribution in [2.45, 2.75) is 13.5 Å². The Morgan fingerprint density at radius 2 is 2.16 bits per heavy atom. The Balaban J connectivity index is 1.86. The lowest BCUT2D eigenvalue weighted by Crippen LogP contribution is -2.12. The van der Waals surface area contributed by atoms with Crippen molar-refractivity contribution in [3.63, 3.8) is 0 Å². The van der Waals surface area contributed by atoms with Crippen LogP contribution in [0.2, 0.25) is 0 Å². The summed E-state index contributed by atoms with van der Waals surface area (Å²) in [5.41, 5.74) is 2.64. The highest BCUT2D eigenvalue weighted by Crippen LogP contribution is 2.09. The molecule has 0 atom stereocenters. The van der Waals surface area contributed by atoms with Crippen molar-refractivity contribution in [3.05, 3.63) is 51.9 Å². The zero-order valence-electron chi connectivity index (χ0n) is 10.4. The van der Waals surface area contributed by atoms with Gasteiger partial charge in [-0.3, -0.25) is 14.9 Å². The molecule has 1 aromatic carbocycles. The van der Waals surface area contributed by atoms with Gasteiger partial charge in [-0.1, -0.05) is 24.3 Å². The van der Waals surface area contributed by atoms with Gasteiger partial charge in [0.25, 0.3) is 5.56 Å². The van der Waals surface area contributed by atoms with E-state index in [0.29, 0.717) is 23.5 Å². The number of nitrogens with zero attached hydrogens (tertiary/aromatic N) is 2. The van der Waals surface area contributed by atoms with Crippen molar-refractivity contribution < 1.29 is 0 Å². The number of H-pyrrole nitrogens is 2. The zero-order valence-corrected chi connectivity index (χ0v) is 10.4. The molecule has 0 aliphatic heterocycles. The minimum Gasteiger partial charge on any atom is -0.352 e. The summed E-state index contributed by atoms with van der Waals surface area (Å²) in [4.78, 5) is 18.7. The molecule has 3 aromatic rings. The smallest absolute Gasteiger partial charge is 0.263 e. The van der Waals surface area contributed by atoms with Gasteiger partial charge in [0.2, 0.25) is 5.95 Å². The van der Waals surface area contributed by atoms with E-state index in [1.807, 2.05) is 31.2 Å². The van der Waals surface area contributed by atoms with Crippen LogP contribution < -0.4 is 10.9 Å². The molecule has 0 fully saturated rings. The van der Waals surface area contributed by atoms with Crippen molar-refractivity contribution >= 4 is 17.0 Å². The number of nitrogens with one attached hydrogen (secondary N) is 3. The van der Waals surface area contributed by atoms with E-state index in [9.17, 15) is 4.79 Å². The summed E-state index contributed by atoms with van der Waals surface area (Å²) in [7, 11) is 0. The fourth-order valence-corrected chi connectivity index (χ4v) is 1.92. The number of hydrogen-bond acceptors (Lipinski definition) is 4. The number of aryl methyl sites for hydroxylation is 1. The summed E-state index contributed by atoms with van der Waals surface area (Å²) in [5.74, 6) is 0.435. The van der Waals surface area contributed by atoms with E-state index in [0.717, 1.165) is 5.56 Å². The molecule has 0 amide bonds. The highest BCUT2D eigenvalue weighted by Gasteiger charge is 2.05. The third-order valence-corrected chi connectivity index (χ3v) is 3.03. The summed E-state index contributed by atoms with van der Waals surface area (Å²) >= 11 is 0. The molecule has 2 aromatic heterocycles. The minimum atomic E-state index is -0.203. The van der Waals surface area contributed by atoms with E-state index in [1.165, 1.54) is 11.8 Å². The lowest BCUT2D eigenvalue weighted by molar-refractivity contribution is 1.03. The van der Waals surface area contributed by atoms with Gasteiger partial charge in [-0.05, 0) is 18.1 Å². The topological polar surface area (TPSA) is 86.5 Å². The molecule has 0 saturated heterocycles. The van der Waals surface area contributed by atoms with Gasteiger partial charge >= 0.3 is 0 Å². The van der Waals surface area contributed by atoms with E-state index >= 15 is 0 Å². The van der Waals surface area contributed by atoms with E-state index in [-0.39, 0.29) is 5.56 Å². The predicted molar refractivity (Wildman–Crippen MR) is 73.0 cm³/mol. The van der Waals surface area contributed by atoms with Crippen LogP contribution in [0.15, 0.2) is 35.3 Å². The van der Waals surface area contributed by atoms with Crippen LogP contribution in [0.3, 0.4) is 0 Å².